The van der Waals surface area contributed by atoms with Crippen LogP contribution >= 0.6 is 0 Å². The molecule has 1 spiro atoms. The molecule has 1 aliphatic heterocycles. The molecule has 0 radical (unpaired) electrons. The van der Waals surface area contributed by atoms with Gasteiger partial charge >= 0.3 is 0 Å². The molecule has 1 atom stereocenters. The zero-order chi connectivity index (χ0) is 18.8. The first-order valence-corrected chi connectivity index (χ1v) is 10.9. The maximum atomic E-state index is 12.7. The molecule has 0 aromatic carbocycles. The Labute approximate surface area is 155 Å². The van der Waals surface area contributed by atoms with Gasteiger partial charge in [-0.05, 0) is 31.9 Å². The van der Waals surface area contributed by atoms with Crippen molar-refractivity contribution < 1.29 is 17.9 Å². The molecule has 26 heavy (non-hydrogen) atoms. The Morgan fingerprint density at radius 3 is 2.77 bits per heavy atom. The molecule has 1 aliphatic carbocycles. The standard InChI is InChI=1S/C18H29N3O4S/c1-17(22,15-7-6-11-25-15)13-20-16(19-2)21-10-12-26(23,24)18(14-21)8-4-3-5-9-18/h6-7,11,22H,3-5,8-10,12-14H2,1-2H3,(H,19,20). The fraction of sp³-hybridized carbons (Fsp3) is 0.722. The van der Waals surface area contributed by atoms with Gasteiger partial charge in [-0.25, -0.2) is 8.42 Å². The summed E-state index contributed by atoms with van der Waals surface area (Å²) in [5, 5.41) is 13.8. The van der Waals surface area contributed by atoms with Gasteiger partial charge in [-0.3, -0.25) is 4.99 Å². The topological polar surface area (TPSA) is 95.1 Å². The van der Waals surface area contributed by atoms with Crippen molar-refractivity contribution in [2.45, 2.75) is 49.4 Å². The summed E-state index contributed by atoms with van der Waals surface area (Å²) in [6.07, 6.45) is 6.02. The molecule has 7 nitrogen and oxygen atoms in total. The van der Waals surface area contributed by atoms with Crippen molar-refractivity contribution in [1.29, 1.82) is 0 Å². The zero-order valence-electron chi connectivity index (χ0n) is 15.6. The molecule has 146 valence electrons. The molecule has 0 bridgehead atoms. The van der Waals surface area contributed by atoms with Crippen LogP contribution in [0.1, 0.15) is 44.8 Å². The smallest absolute Gasteiger partial charge is 0.193 e. The highest BCUT2D eigenvalue weighted by Gasteiger charge is 2.48. The summed E-state index contributed by atoms with van der Waals surface area (Å²) < 4.78 is 30.2. The van der Waals surface area contributed by atoms with Gasteiger partial charge in [-0.1, -0.05) is 19.3 Å². The van der Waals surface area contributed by atoms with Gasteiger partial charge in [-0.15, -0.1) is 0 Å². The van der Waals surface area contributed by atoms with Gasteiger partial charge in [0.1, 0.15) is 11.4 Å². The van der Waals surface area contributed by atoms with Crippen molar-refractivity contribution in [1.82, 2.24) is 10.2 Å². The fourth-order valence-corrected chi connectivity index (χ4v) is 6.23. The zero-order valence-corrected chi connectivity index (χ0v) is 16.4. The number of aliphatic imine (C=N–C) groups is 1. The minimum atomic E-state index is -3.09. The Hall–Kier alpha value is -1.54. The number of furan rings is 1. The lowest BCUT2D eigenvalue weighted by Gasteiger charge is -2.45. The Kier molecular flexibility index (Phi) is 5.35. The lowest BCUT2D eigenvalue weighted by Crippen LogP contribution is -2.60. The van der Waals surface area contributed by atoms with E-state index in [4.69, 9.17) is 4.42 Å². The number of hydrogen-bond acceptors (Lipinski definition) is 5. The molecular formula is C18H29N3O4S. The lowest BCUT2D eigenvalue weighted by molar-refractivity contribution is 0.0379. The van der Waals surface area contributed by atoms with E-state index in [2.05, 4.69) is 10.3 Å². The predicted octanol–water partition coefficient (Wildman–Crippen LogP) is 1.50. The van der Waals surface area contributed by atoms with Gasteiger partial charge in [0.15, 0.2) is 15.8 Å². The monoisotopic (exact) mass is 383 g/mol. The summed E-state index contributed by atoms with van der Waals surface area (Å²) in [4.78, 5) is 6.34. The fourth-order valence-electron chi connectivity index (χ4n) is 4.07. The van der Waals surface area contributed by atoms with E-state index >= 15 is 0 Å². The van der Waals surface area contributed by atoms with E-state index in [1.54, 1.807) is 26.1 Å². The minimum absolute atomic E-state index is 0.155. The minimum Gasteiger partial charge on any atom is -0.466 e. The molecule has 1 aromatic heterocycles. The third kappa shape index (κ3) is 3.62. The first-order valence-electron chi connectivity index (χ1n) is 9.24. The molecule has 1 unspecified atom stereocenters. The van der Waals surface area contributed by atoms with Crippen molar-refractivity contribution in [2.24, 2.45) is 4.99 Å². The third-order valence-corrected chi connectivity index (χ3v) is 8.26. The van der Waals surface area contributed by atoms with Gasteiger partial charge < -0.3 is 19.7 Å². The highest BCUT2D eigenvalue weighted by Crippen LogP contribution is 2.38. The van der Waals surface area contributed by atoms with Gasteiger partial charge in [0.05, 0.1) is 23.3 Å². The average Bonchev–Trinajstić information content (AvgIpc) is 3.15. The number of nitrogens with zero attached hydrogens (tertiary/aromatic N) is 2. The highest BCUT2D eigenvalue weighted by atomic mass is 32.2. The van der Waals surface area contributed by atoms with E-state index in [1.807, 2.05) is 4.90 Å². The van der Waals surface area contributed by atoms with Crippen LogP contribution in [0.5, 0.6) is 0 Å². The van der Waals surface area contributed by atoms with E-state index in [0.717, 1.165) is 32.1 Å². The van der Waals surface area contributed by atoms with E-state index in [-0.39, 0.29) is 12.3 Å². The number of rotatable bonds is 3. The number of nitrogens with one attached hydrogen (secondary N) is 1. The molecule has 2 aliphatic rings. The first-order chi connectivity index (χ1) is 12.3. The number of sulfone groups is 1. The van der Waals surface area contributed by atoms with Gasteiger partial charge in [0.2, 0.25) is 0 Å². The van der Waals surface area contributed by atoms with Gasteiger partial charge in [0, 0.05) is 20.1 Å². The van der Waals surface area contributed by atoms with Crippen LogP contribution < -0.4 is 5.32 Å². The summed E-state index contributed by atoms with van der Waals surface area (Å²) in [7, 11) is -1.41. The van der Waals surface area contributed by atoms with Crippen LogP contribution in [0.2, 0.25) is 0 Å². The molecule has 1 saturated heterocycles. The second-order valence-electron chi connectivity index (χ2n) is 7.64. The SMILES string of the molecule is CN=C(NCC(C)(O)c1ccco1)N1CCS(=O)(=O)C2(CCCCC2)C1. The Bertz CT molecular complexity index is 734. The summed E-state index contributed by atoms with van der Waals surface area (Å²) in [6, 6.07) is 3.47. The molecular weight excluding hydrogens is 354 g/mol. The van der Waals surface area contributed by atoms with E-state index < -0.39 is 20.2 Å². The number of hydrogen-bond donors (Lipinski definition) is 2. The number of guanidine groups is 1. The lowest BCUT2D eigenvalue weighted by atomic mass is 9.87. The maximum absolute atomic E-state index is 12.7. The quantitative estimate of drug-likeness (QED) is 0.607. The van der Waals surface area contributed by atoms with Crippen LogP contribution in [-0.4, -0.2) is 61.6 Å². The average molecular weight is 384 g/mol. The Morgan fingerprint density at radius 2 is 2.15 bits per heavy atom. The summed E-state index contributed by atoms with van der Waals surface area (Å²) in [5.74, 6) is 1.25. The largest absolute Gasteiger partial charge is 0.466 e. The van der Waals surface area contributed by atoms with Crippen molar-refractivity contribution in [3.63, 3.8) is 0 Å². The molecule has 1 aromatic rings. The molecule has 8 heteroatoms. The Balaban J connectivity index is 1.71. The van der Waals surface area contributed by atoms with Crippen LogP contribution in [-0.2, 0) is 15.4 Å². The molecule has 2 heterocycles. The van der Waals surface area contributed by atoms with E-state index in [0.29, 0.717) is 24.8 Å². The van der Waals surface area contributed by atoms with Gasteiger partial charge in [0.25, 0.3) is 0 Å². The molecule has 3 rings (SSSR count). The molecule has 1 saturated carbocycles. The van der Waals surface area contributed by atoms with Crippen LogP contribution in [0.25, 0.3) is 0 Å². The van der Waals surface area contributed by atoms with Gasteiger partial charge in [-0.2, -0.15) is 0 Å². The van der Waals surface area contributed by atoms with Crippen molar-refractivity contribution in [3.8, 4) is 0 Å². The normalized spacial score (nSPS) is 25.0. The molecule has 2 N–H and O–H groups in total. The van der Waals surface area contributed by atoms with Crippen LogP contribution in [0, 0.1) is 0 Å². The summed E-state index contributed by atoms with van der Waals surface area (Å²) in [5.41, 5.74) is -1.18. The van der Waals surface area contributed by atoms with Crippen molar-refractivity contribution in [3.05, 3.63) is 24.2 Å². The Morgan fingerprint density at radius 1 is 1.42 bits per heavy atom. The van der Waals surface area contributed by atoms with Crippen LogP contribution in [0.3, 0.4) is 0 Å². The second-order valence-corrected chi connectivity index (χ2v) is 10.1. The summed E-state index contributed by atoms with van der Waals surface area (Å²) in [6.45, 7) is 2.80. The summed E-state index contributed by atoms with van der Waals surface area (Å²) >= 11 is 0. The maximum Gasteiger partial charge on any atom is 0.193 e. The van der Waals surface area contributed by atoms with Crippen LogP contribution in [0.15, 0.2) is 27.8 Å². The second kappa shape index (κ2) is 7.23. The highest BCUT2D eigenvalue weighted by molar-refractivity contribution is 7.92. The van der Waals surface area contributed by atoms with Crippen molar-refractivity contribution >= 4 is 15.8 Å². The third-order valence-electron chi connectivity index (χ3n) is 5.69. The van der Waals surface area contributed by atoms with E-state index in [1.165, 1.54) is 6.26 Å². The predicted molar refractivity (Wildman–Crippen MR) is 101 cm³/mol. The first kappa shape index (κ1) is 19.2. The molecule has 2 fully saturated rings. The van der Waals surface area contributed by atoms with Crippen molar-refractivity contribution in [2.75, 3.05) is 32.4 Å². The number of aliphatic hydroxyl groups is 1. The van der Waals surface area contributed by atoms with E-state index in [9.17, 15) is 13.5 Å². The van der Waals surface area contributed by atoms with Crippen LogP contribution in [0.4, 0.5) is 0 Å². The molecule has 0 amide bonds.